The fourth-order valence-electron chi connectivity index (χ4n) is 2.81. The van der Waals surface area contributed by atoms with E-state index in [1.165, 1.54) is 28.9 Å². The van der Waals surface area contributed by atoms with Crippen LogP contribution in [-0.4, -0.2) is 34.7 Å². The summed E-state index contributed by atoms with van der Waals surface area (Å²) in [6.45, 7) is 3.38. The van der Waals surface area contributed by atoms with Crippen LogP contribution in [0.1, 0.15) is 29.8 Å². The van der Waals surface area contributed by atoms with E-state index < -0.39 is 0 Å². The van der Waals surface area contributed by atoms with E-state index in [9.17, 15) is 0 Å². The molecule has 0 radical (unpaired) electrons. The molecule has 2 heterocycles. The summed E-state index contributed by atoms with van der Waals surface area (Å²) in [5.41, 5.74) is 8.45. The second-order valence-electron chi connectivity index (χ2n) is 5.64. The molecule has 0 fully saturated rings. The minimum Gasteiger partial charge on any atom is -0.374 e. The monoisotopic (exact) mass is 314 g/mol. The first-order valence-corrected chi connectivity index (χ1v) is 8.67. The molecule has 2 aromatic rings. The molecule has 1 aliphatic heterocycles. The lowest BCUT2D eigenvalue weighted by atomic mass is 9.99. The smallest absolute Gasteiger partial charge is 0.203 e. The molecule has 1 aromatic heterocycles. The van der Waals surface area contributed by atoms with E-state index >= 15 is 0 Å². The van der Waals surface area contributed by atoms with E-state index in [2.05, 4.69) is 51.5 Å². The molecule has 2 N–H and O–H groups in total. The third-order valence-electron chi connectivity index (χ3n) is 4.04. The molecule has 0 saturated heterocycles. The number of unbranched alkanes of at least 4 members (excludes halogenated alkanes) is 1. The summed E-state index contributed by atoms with van der Waals surface area (Å²) in [6.07, 6.45) is 6.88. The van der Waals surface area contributed by atoms with Crippen molar-refractivity contribution in [1.82, 2.24) is 15.1 Å². The van der Waals surface area contributed by atoms with Gasteiger partial charge in [-0.1, -0.05) is 47.7 Å². The van der Waals surface area contributed by atoms with Crippen molar-refractivity contribution in [2.45, 2.75) is 25.7 Å². The first-order valence-electron chi connectivity index (χ1n) is 7.86. The van der Waals surface area contributed by atoms with Crippen molar-refractivity contribution in [2.75, 3.05) is 25.4 Å². The molecule has 0 bridgehead atoms. The zero-order chi connectivity index (χ0) is 15.2. The molecule has 0 aliphatic carbocycles. The predicted octanol–water partition coefficient (Wildman–Crippen LogP) is 3.23. The fourth-order valence-corrected chi connectivity index (χ4v) is 3.46. The Labute approximate surface area is 135 Å². The highest BCUT2D eigenvalue weighted by molar-refractivity contribution is 7.15. The number of rotatable bonds is 6. The van der Waals surface area contributed by atoms with Crippen molar-refractivity contribution < 1.29 is 0 Å². The molecule has 3 rings (SSSR count). The van der Waals surface area contributed by atoms with Gasteiger partial charge in [-0.2, -0.15) is 0 Å². The molecule has 0 spiro atoms. The highest BCUT2D eigenvalue weighted by Crippen LogP contribution is 2.22. The maximum Gasteiger partial charge on any atom is 0.203 e. The average molecular weight is 314 g/mol. The van der Waals surface area contributed by atoms with Gasteiger partial charge in [-0.25, -0.2) is 0 Å². The van der Waals surface area contributed by atoms with Crippen LogP contribution in [0.4, 0.5) is 5.13 Å². The SMILES string of the molecule is Nc1nnc(CCCCN2CC=C(c3ccccc3)CC2)s1. The Hall–Kier alpha value is -1.72. The highest BCUT2D eigenvalue weighted by Gasteiger charge is 2.12. The Morgan fingerprint density at radius 3 is 2.68 bits per heavy atom. The standard InChI is InChI=1S/C17H22N4S/c18-17-20-19-16(22-17)8-4-5-11-21-12-9-15(10-13-21)14-6-2-1-3-7-14/h1-3,6-7,9H,4-5,8,10-13H2,(H2,18,20). The van der Waals surface area contributed by atoms with Crippen molar-refractivity contribution in [1.29, 1.82) is 0 Å². The van der Waals surface area contributed by atoms with Gasteiger partial charge in [0.2, 0.25) is 5.13 Å². The lowest BCUT2D eigenvalue weighted by Crippen LogP contribution is -2.29. The van der Waals surface area contributed by atoms with Gasteiger partial charge in [0.05, 0.1) is 0 Å². The summed E-state index contributed by atoms with van der Waals surface area (Å²) < 4.78 is 0. The van der Waals surface area contributed by atoms with E-state index in [-0.39, 0.29) is 0 Å². The normalized spacial score (nSPS) is 15.7. The summed E-state index contributed by atoms with van der Waals surface area (Å²) in [5.74, 6) is 0. The van der Waals surface area contributed by atoms with Gasteiger partial charge in [0.25, 0.3) is 0 Å². The molecule has 5 heteroatoms. The van der Waals surface area contributed by atoms with E-state index in [0.29, 0.717) is 5.13 Å². The number of hydrogen-bond acceptors (Lipinski definition) is 5. The highest BCUT2D eigenvalue weighted by atomic mass is 32.1. The maximum absolute atomic E-state index is 5.59. The third kappa shape index (κ3) is 4.15. The number of aromatic nitrogens is 2. The van der Waals surface area contributed by atoms with E-state index in [0.717, 1.165) is 43.9 Å². The van der Waals surface area contributed by atoms with Gasteiger partial charge < -0.3 is 5.73 Å². The van der Waals surface area contributed by atoms with Crippen LogP contribution in [0, 0.1) is 0 Å². The molecule has 4 nitrogen and oxygen atoms in total. The molecule has 0 saturated carbocycles. The van der Waals surface area contributed by atoms with Crippen LogP contribution in [-0.2, 0) is 6.42 Å². The largest absolute Gasteiger partial charge is 0.374 e. The van der Waals surface area contributed by atoms with Crippen molar-refractivity contribution >= 4 is 22.0 Å². The van der Waals surface area contributed by atoms with Gasteiger partial charge in [0, 0.05) is 19.5 Å². The summed E-state index contributed by atoms with van der Waals surface area (Å²) >= 11 is 1.50. The van der Waals surface area contributed by atoms with E-state index in [4.69, 9.17) is 5.73 Å². The van der Waals surface area contributed by atoms with Crippen LogP contribution >= 0.6 is 11.3 Å². The Bertz CT molecular complexity index is 621. The maximum atomic E-state index is 5.59. The summed E-state index contributed by atoms with van der Waals surface area (Å²) in [6, 6.07) is 10.7. The molecule has 0 atom stereocenters. The van der Waals surface area contributed by atoms with Crippen molar-refractivity contribution in [3.05, 3.63) is 47.0 Å². The van der Waals surface area contributed by atoms with Gasteiger partial charge in [0.15, 0.2) is 0 Å². The van der Waals surface area contributed by atoms with E-state index in [1.54, 1.807) is 0 Å². The Morgan fingerprint density at radius 1 is 1.14 bits per heavy atom. The first kappa shape index (κ1) is 15.2. The van der Waals surface area contributed by atoms with Gasteiger partial charge in [-0.3, -0.25) is 4.90 Å². The zero-order valence-corrected chi connectivity index (χ0v) is 13.6. The van der Waals surface area contributed by atoms with Gasteiger partial charge in [-0.15, -0.1) is 10.2 Å². The molecular formula is C17H22N4S. The molecule has 0 amide bonds. The summed E-state index contributed by atoms with van der Waals surface area (Å²) in [7, 11) is 0. The quantitative estimate of drug-likeness (QED) is 0.832. The molecule has 0 unspecified atom stereocenters. The van der Waals surface area contributed by atoms with Crippen LogP contribution in [0.15, 0.2) is 36.4 Å². The second kappa shape index (κ2) is 7.51. The van der Waals surface area contributed by atoms with Gasteiger partial charge in [0.1, 0.15) is 5.01 Å². The van der Waals surface area contributed by atoms with Crippen molar-refractivity contribution in [3.8, 4) is 0 Å². The lowest BCUT2D eigenvalue weighted by Gasteiger charge is -2.26. The molecule has 1 aromatic carbocycles. The third-order valence-corrected chi connectivity index (χ3v) is 4.85. The van der Waals surface area contributed by atoms with Crippen LogP contribution in [0.25, 0.3) is 5.57 Å². The van der Waals surface area contributed by atoms with Crippen LogP contribution < -0.4 is 5.73 Å². The number of nitrogens with two attached hydrogens (primary N) is 1. The number of anilines is 1. The Kier molecular flexibility index (Phi) is 5.19. The molecule has 22 heavy (non-hydrogen) atoms. The van der Waals surface area contributed by atoms with Gasteiger partial charge in [-0.05, 0) is 36.9 Å². The molecule has 1 aliphatic rings. The predicted molar refractivity (Wildman–Crippen MR) is 92.7 cm³/mol. The van der Waals surface area contributed by atoms with Crippen LogP contribution in [0.5, 0.6) is 0 Å². The zero-order valence-electron chi connectivity index (χ0n) is 12.7. The van der Waals surface area contributed by atoms with Crippen LogP contribution in [0.2, 0.25) is 0 Å². The number of nitrogens with zero attached hydrogens (tertiary/aromatic N) is 3. The summed E-state index contributed by atoms with van der Waals surface area (Å²) in [4.78, 5) is 2.53. The topological polar surface area (TPSA) is 55.0 Å². The number of benzene rings is 1. The minimum absolute atomic E-state index is 0.574. The average Bonchev–Trinajstić information content (AvgIpc) is 2.98. The Balaban J connectivity index is 1.39. The number of aryl methyl sites for hydroxylation is 1. The second-order valence-corrected chi connectivity index (χ2v) is 6.73. The number of nitrogen functional groups attached to an aromatic ring is 1. The lowest BCUT2D eigenvalue weighted by molar-refractivity contribution is 0.295. The van der Waals surface area contributed by atoms with E-state index in [1.807, 2.05) is 0 Å². The van der Waals surface area contributed by atoms with Gasteiger partial charge >= 0.3 is 0 Å². The molecular weight excluding hydrogens is 292 g/mol. The first-order chi connectivity index (χ1) is 10.8. The number of hydrogen-bond donors (Lipinski definition) is 1. The molecule has 116 valence electrons. The van der Waals surface area contributed by atoms with Crippen LogP contribution in [0.3, 0.4) is 0 Å². The summed E-state index contributed by atoms with van der Waals surface area (Å²) in [5, 5.41) is 9.55. The van der Waals surface area contributed by atoms with Crippen molar-refractivity contribution in [2.24, 2.45) is 0 Å². The fraction of sp³-hybridized carbons (Fsp3) is 0.412. The minimum atomic E-state index is 0.574. The van der Waals surface area contributed by atoms with Crippen molar-refractivity contribution in [3.63, 3.8) is 0 Å². The Morgan fingerprint density at radius 2 is 2.00 bits per heavy atom.